The molecule has 4 unspecified atom stereocenters. The van der Waals surface area contributed by atoms with E-state index in [1.807, 2.05) is 96.8 Å². The molecular formula is C101H100N34O5S5. The largest absolute Gasteiger partial charge is 0.486 e. The third-order valence-corrected chi connectivity index (χ3v) is 29.9. The molecule has 24 heterocycles. The van der Waals surface area contributed by atoms with E-state index < -0.39 is 0 Å². The molecule has 4 aliphatic heterocycles. The molecule has 0 radical (unpaired) electrons. The molecule has 4 atom stereocenters. The highest BCUT2D eigenvalue weighted by atomic mass is 32.1. The van der Waals surface area contributed by atoms with Crippen molar-refractivity contribution >= 4 is 158 Å². The monoisotopic (exact) mass is 2030 g/mol. The van der Waals surface area contributed by atoms with Crippen molar-refractivity contribution in [1.82, 2.24) is 121 Å². The van der Waals surface area contributed by atoms with Gasteiger partial charge in [0.25, 0.3) is 0 Å². The second-order valence-corrected chi connectivity index (χ2v) is 40.2. The van der Waals surface area contributed by atoms with Crippen molar-refractivity contribution in [3.63, 3.8) is 0 Å². The van der Waals surface area contributed by atoms with Crippen molar-refractivity contribution in [1.29, 1.82) is 5.26 Å². The molecule has 0 bridgehead atoms. The van der Waals surface area contributed by atoms with Gasteiger partial charge in [0.1, 0.15) is 77.8 Å². The van der Waals surface area contributed by atoms with Gasteiger partial charge in [-0.15, -0.1) is 0 Å². The van der Waals surface area contributed by atoms with Crippen LogP contribution in [0.3, 0.4) is 0 Å². The predicted molar refractivity (Wildman–Crippen MR) is 561 cm³/mol. The van der Waals surface area contributed by atoms with Crippen molar-refractivity contribution in [3.05, 3.63) is 257 Å². The Morgan fingerprint density at radius 3 is 0.993 bits per heavy atom. The molecule has 5 aliphatic rings. The summed E-state index contributed by atoms with van der Waals surface area (Å²) in [6.45, 7) is 32.1. The SMILES string of the molecule is Cc1cc(Nc2cc(C3CCCNC3)nc3c(-c4ccc(C#N)nc4)cnn23)sn1.Cc1cc(Nc2cc(C3CCCNC3)nc3c(-c4ccoc4)cnn23)sn1.Cc1cc(Nc2cc(C3CCCNC3)nc3c(-c4coc(C=NO)c4)cnn23)sn1.[C-]#[N+]c1cc(-c2cnn3c(Nc4cc(C)ns4)cc(C4CCCCC4)nc23)co1.[C-]#[N+]c1cc(-c2cnn3c(Nc4cc(C)ns4)cc(C4CCCNC4)nc23)co1. The zero-order chi connectivity index (χ0) is 98.8. The zero-order valence-electron chi connectivity index (χ0n) is 79.7. The summed E-state index contributed by atoms with van der Waals surface area (Å²) >= 11 is 7.15. The van der Waals surface area contributed by atoms with E-state index in [-0.39, 0.29) is 11.8 Å². The first kappa shape index (κ1) is 95.5. The van der Waals surface area contributed by atoms with Crippen LogP contribution in [0, 0.1) is 59.1 Å². The first-order valence-electron chi connectivity index (χ1n) is 48.0. The molecule has 0 amide bonds. The van der Waals surface area contributed by atoms with Crippen molar-refractivity contribution in [2.75, 3.05) is 78.9 Å². The Kier molecular flexibility index (Phi) is 28.7. The molecule has 20 aromatic rings. The van der Waals surface area contributed by atoms with Crippen LogP contribution in [0.2, 0.25) is 0 Å². The first-order valence-corrected chi connectivity index (χ1v) is 51.8. The van der Waals surface area contributed by atoms with E-state index in [1.165, 1.54) is 102 Å². The molecule has 20 aromatic heterocycles. The number of anilines is 10. The van der Waals surface area contributed by atoms with Crippen molar-refractivity contribution < 1.29 is 22.9 Å². The number of aromatic nitrogens is 21. The molecule has 44 heteroatoms. The number of rotatable bonds is 21. The summed E-state index contributed by atoms with van der Waals surface area (Å²) in [4.78, 5) is 35.9. The topological polar surface area (TPSA) is 454 Å². The third-order valence-electron chi connectivity index (χ3n) is 25.9. The number of hydrogen-bond donors (Lipinski definition) is 10. The smallest absolute Gasteiger partial charge is 0.346 e. The van der Waals surface area contributed by atoms with Gasteiger partial charge in [-0.05, 0) is 249 Å². The summed E-state index contributed by atoms with van der Waals surface area (Å²) in [5.41, 5.74) is 23.2. The Morgan fingerprint density at radius 2 is 0.710 bits per heavy atom. The van der Waals surface area contributed by atoms with Gasteiger partial charge < -0.3 is 70.7 Å². The van der Waals surface area contributed by atoms with Gasteiger partial charge >= 0.3 is 11.8 Å². The Bertz CT molecular complexity index is 7900. The Morgan fingerprint density at radius 1 is 0.386 bits per heavy atom. The van der Waals surface area contributed by atoms with Gasteiger partial charge in [0, 0.05) is 154 Å². The fraction of sp³-hybridized carbons (Fsp3) is 0.307. The van der Waals surface area contributed by atoms with Gasteiger partial charge in [-0.3, -0.25) is 0 Å². The van der Waals surface area contributed by atoms with Gasteiger partial charge in [0.15, 0.2) is 28.2 Å². The van der Waals surface area contributed by atoms with Crippen LogP contribution in [0.5, 0.6) is 0 Å². The van der Waals surface area contributed by atoms with Crippen molar-refractivity contribution in [3.8, 4) is 61.7 Å². The minimum atomic E-state index is 0.255. The van der Waals surface area contributed by atoms with E-state index >= 15 is 0 Å². The molecule has 145 heavy (non-hydrogen) atoms. The van der Waals surface area contributed by atoms with Crippen LogP contribution in [0.1, 0.15) is 181 Å². The fourth-order valence-corrected chi connectivity index (χ4v) is 22.0. The number of pyridine rings is 1. The highest BCUT2D eigenvalue weighted by Gasteiger charge is 2.30. The average molecular weight is 2030 g/mol. The molecule has 4 saturated heterocycles. The van der Waals surface area contributed by atoms with Crippen molar-refractivity contribution in [2.24, 2.45) is 5.16 Å². The number of nitriles is 1. The minimum absolute atomic E-state index is 0.255. The highest BCUT2D eigenvalue weighted by molar-refractivity contribution is 7.11. The average Bonchev–Trinajstić information content (AvgIpc) is 1.65. The van der Waals surface area contributed by atoms with Gasteiger partial charge in [0.05, 0.1) is 127 Å². The quantitative estimate of drug-likeness (QED) is 0.0138. The number of aryl methyl sites for hydroxylation is 5. The number of fused-ring (bicyclic) bond motifs is 5. The van der Waals surface area contributed by atoms with E-state index in [0.717, 1.165) is 292 Å². The maximum absolute atomic E-state index is 9.03. The molecule has 5 fully saturated rings. The van der Waals surface area contributed by atoms with E-state index in [0.29, 0.717) is 41.0 Å². The molecule has 1 aliphatic carbocycles. The van der Waals surface area contributed by atoms with Crippen LogP contribution >= 0.6 is 57.7 Å². The molecule has 39 nitrogen and oxygen atoms in total. The lowest BCUT2D eigenvalue weighted by molar-refractivity contribution is 0.320. The summed E-state index contributed by atoms with van der Waals surface area (Å²) in [6.07, 6.45) is 35.3. The van der Waals surface area contributed by atoms with Crippen LogP contribution in [0.15, 0.2) is 188 Å². The minimum Gasteiger partial charge on any atom is -0.486 e. The molecule has 734 valence electrons. The van der Waals surface area contributed by atoms with Crippen LogP contribution in [-0.4, -0.2) is 164 Å². The number of nitrogens with one attached hydrogen (secondary N) is 9. The lowest BCUT2D eigenvalue weighted by atomic mass is 9.87. The predicted octanol–water partition coefficient (Wildman–Crippen LogP) is 22.0. The lowest BCUT2D eigenvalue weighted by Gasteiger charge is -2.23. The molecule has 10 N–H and O–H groups in total. The Hall–Kier alpha value is -15.7. The zero-order valence-corrected chi connectivity index (χ0v) is 83.8. The standard InChI is InChI=1S/C21H20N8S.C21H20N6OS.C20H21N7O2S.C20H19N7OS.C19H20N6OS/c1-13-7-20(30-28-13)27-19-8-18(15-3-2-6-23-10-15)26-21-17(12-25-29(19)21)14-4-5-16(9-22)24-11-14;1-13-8-20(29-26-13)25-18-10-17(14-6-4-3-5-7-14)24-21-16(11-23-27(18)21)15-9-19(22-2)28-12-15;1-12-5-19(30-26-12)25-18-7-17(13-3-2-4-21-8-13)24-20-16(10-22-27(18)20)14-6-15(9-23-28)29-11-14;1-12-6-19(29-26-12)25-17-8-16(13-4-3-5-22-9-13)24-20-15(10-23-27(17)20)14-7-18(21-2)28-11-14;1-12-7-18(27-24-12)23-17-8-16(13-3-2-5-20-9-13)22-19-15(10-21-25(17)19)14-4-6-26-11-14/h4-5,7-8,11-12,15,23,27H,2-3,6,10H2,1H3;8-12,14,25H,3-7H2,1H3;5-7,9-11,13,21,25,28H,2-4,8H2,1H3;6-8,10-11,13,22,25H,3-5,9H2,1H3;4,6-8,10-11,13,20,23H,2-3,5,9H2,1H3. The second-order valence-electron chi connectivity index (χ2n) is 36.2. The van der Waals surface area contributed by atoms with Gasteiger partial charge in [0.2, 0.25) is 0 Å². The lowest BCUT2D eigenvalue weighted by Crippen LogP contribution is -2.29. The molecule has 0 aromatic carbocycles. The first-order chi connectivity index (χ1) is 71.1. The van der Waals surface area contributed by atoms with E-state index in [4.69, 9.17) is 66.2 Å². The maximum Gasteiger partial charge on any atom is 0.346 e. The van der Waals surface area contributed by atoms with Crippen LogP contribution in [-0.2, 0) is 0 Å². The summed E-state index contributed by atoms with van der Waals surface area (Å²) in [5.74, 6) is 7.22. The molecular weight excluding hydrogens is 1930 g/mol. The number of nitrogens with zero attached hydrogens (tertiary/aromatic N) is 25. The van der Waals surface area contributed by atoms with Gasteiger partial charge in [-0.1, -0.05) is 24.4 Å². The van der Waals surface area contributed by atoms with Crippen LogP contribution < -0.4 is 47.9 Å². The van der Waals surface area contributed by atoms with E-state index in [1.54, 1.807) is 95.6 Å². The fourth-order valence-electron chi connectivity index (χ4n) is 18.7. The van der Waals surface area contributed by atoms with Crippen LogP contribution in [0.25, 0.3) is 93.6 Å². The van der Waals surface area contributed by atoms with Crippen LogP contribution in [0.4, 0.5) is 65.9 Å². The summed E-state index contributed by atoms with van der Waals surface area (Å²) in [6, 6.07) is 33.5. The summed E-state index contributed by atoms with van der Waals surface area (Å²) in [7, 11) is 0. The Balaban J connectivity index is 0.000000107. The number of oxime groups is 1. The van der Waals surface area contributed by atoms with E-state index in [9.17, 15) is 0 Å². The highest BCUT2D eigenvalue weighted by Crippen LogP contribution is 2.42. The summed E-state index contributed by atoms with van der Waals surface area (Å²) < 4.78 is 52.2. The van der Waals surface area contributed by atoms with Crippen molar-refractivity contribution in [2.45, 2.75) is 148 Å². The summed E-state index contributed by atoms with van der Waals surface area (Å²) in [5, 5.41) is 79.8. The van der Waals surface area contributed by atoms with E-state index in [2.05, 4.69) is 151 Å². The molecule has 0 spiro atoms. The number of hydrogen-bond acceptors (Lipinski definition) is 37. The van der Waals surface area contributed by atoms with Gasteiger partial charge in [-0.2, -0.15) is 84.9 Å². The Labute approximate surface area is 851 Å². The molecule has 25 rings (SSSR count). The molecule has 1 saturated carbocycles. The number of piperidine rings is 4. The number of furan rings is 4. The maximum atomic E-state index is 9.03. The second kappa shape index (κ2) is 43.6. The third kappa shape index (κ3) is 21.7. The van der Waals surface area contributed by atoms with Gasteiger partial charge in [-0.25, -0.2) is 29.9 Å². The normalized spacial score (nSPS) is 16.5.